The van der Waals surface area contributed by atoms with Crippen LogP contribution in [0.15, 0.2) is 63.6 Å². The molecule has 0 saturated carbocycles. The van der Waals surface area contributed by atoms with Crippen molar-refractivity contribution in [1.82, 2.24) is 9.78 Å². The fraction of sp³-hybridized carbons (Fsp3) is 0. The van der Waals surface area contributed by atoms with Crippen molar-refractivity contribution in [3.8, 4) is 5.69 Å². The Hall–Kier alpha value is -2.57. The van der Waals surface area contributed by atoms with Gasteiger partial charge in [0.25, 0.3) is 0 Å². The first-order valence-electron chi connectivity index (χ1n) is 6.59. The lowest BCUT2D eigenvalue weighted by Crippen LogP contribution is -2.13. The summed E-state index contributed by atoms with van der Waals surface area (Å²) in [5.41, 5.74) is 6.57. The van der Waals surface area contributed by atoms with Crippen LogP contribution < -0.4 is 11.3 Å². The Kier molecular flexibility index (Phi) is 4.18. The number of nitrogens with one attached hydrogen (secondary N) is 1. The summed E-state index contributed by atoms with van der Waals surface area (Å²) in [4.78, 5) is 12.4. The Balaban J connectivity index is 1.98. The minimum Gasteiger partial charge on any atom is -0.382 e. The van der Waals surface area contributed by atoms with Gasteiger partial charge < -0.3 is 5.73 Å². The lowest BCUT2D eigenvalue weighted by Gasteiger charge is -1.98. The number of nitrogens with two attached hydrogens (primary N) is 1. The molecule has 0 amide bonds. The van der Waals surface area contributed by atoms with Gasteiger partial charge in [-0.15, -0.1) is 5.11 Å². The van der Waals surface area contributed by atoms with Crippen LogP contribution in [0.1, 0.15) is 0 Å². The Morgan fingerprint density at radius 3 is 2.43 bits per heavy atom. The number of hydrogen-bond acceptors (Lipinski definition) is 4. The van der Waals surface area contributed by atoms with Crippen molar-refractivity contribution in [3.05, 3.63) is 68.9 Å². The first-order chi connectivity index (χ1) is 11.1. The third-order valence-corrected chi connectivity index (χ3v) is 3.82. The second-order valence-corrected chi connectivity index (χ2v) is 5.46. The summed E-state index contributed by atoms with van der Waals surface area (Å²) in [5.74, 6) is 0.127. The molecular weight excluding hydrogens is 337 g/mol. The molecule has 2 aromatic carbocycles. The molecule has 0 aliphatic rings. The molecule has 8 heteroatoms. The van der Waals surface area contributed by atoms with Crippen LogP contribution in [0.25, 0.3) is 5.69 Å². The Morgan fingerprint density at radius 1 is 1.00 bits per heavy atom. The van der Waals surface area contributed by atoms with E-state index in [0.29, 0.717) is 21.4 Å². The number of nitrogens with zero attached hydrogens (tertiary/aromatic N) is 3. The zero-order valence-corrected chi connectivity index (χ0v) is 13.2. The SMILES string of the molecule is Nc1[nH]n(-c2ccccc2)c(=O)c1N=Nc1ccc(Cl)c(Cl)c1. The van der Waals surface area contributed by atoms with Crippen LogP contribution in [0, 0.1) is 0 Å². The molecule has 0 fully saturated rings. The van der Waals surface area contributed by atoms with Gasteiger partial charge in [-0.05, 0) is 30.3 Å². The maximum atomic E-state index is 12.4. The van der Waals surface area contributed by atoms with E-state index in [0.717, 1.165) is 0 Å². The van der Waals surface area contributed by atoms with Crippen LogP contribution in [0.2, 0.25) is 10.0 Å². The molecule has 3 rings (SSSR count). The first-order valence-corrected chi connectivity index (χ1v) is 7.34. The molecule has 1 aromatic heterocycles. The van der Waals surface area contributed by atoms with Gasteiger partial charge in [0.1, 0.15) is 5.82 Å². The van der Waals surface area contributed by atoms with Crippen LogP contribution in [0.3, 0.4) is 0 Å². The lowest BCUT2D eigenvalue weighted by molar-refractivity contribution is 0.853. The van der Waals surface area contributed by atoms with Crippen LogP contribution in [0.5, 0.6) is 0 Å². The number of rotatable bonds is 3. The van der Waals surface area contributed by atoms with E-state index in [1.54, 1.807) is 30.3 Å². The van der Waals surface area contributed by atoms with E-state index in [1.165, 1.54) is 4.68 Å². The number of nitrogen functional groups attached to an aromatic ring is 1. The Bertz CT molecular complexity index is 931. The summed E-state index contributed by atoms with van der Waals surface area (Å²) in [5, 5.41) is 11.4. The standard InChI is InChI=1S/C15H11Cl2N5O/c16-11-7-6-9(8-12(11)17)19-20-13-14(18)21-22(15(13)23)10-4-2-1-3-5-10/h1-8,21H,18H2. The van der Waals surface area contributed by atoms with Crippen molar-refractivity contribution in [1.29, 1.82) is 0 Å². The second kappa shape index (κ2) is 6.28. The molecule has 0 spiro atoms. The number of halogens is 2. The molecule has 0 aliphatic carbocycles. The number of anilines is 1. The van der Waals surface area contributed by atoms with Crippen molar-refractivity contribution in [2.45, 2.75) is 0 Å². The zero-order valence-electron chi connectivity index (χ0n) is 11.7. The summed E-state index contributed by atoms with van der Waals surface area (Å²) < 4.78 is 1.30. The van der Waals surface area contributed by atoms with Gasteiger partial charge in [-0.1, -0.05) is 41.4 Å². The van der Waals surface area contributed by atoms with Crippen LogP contribution in [-0.2, 0) is 0 Å². The molecule has 6 nitrogen and oxygen atoms in total. The lowest BCUT2D eigenvalue weighted by atomic mass is 10.3. The van der Waals surface area contributed by atoms with Crippen LogP contribution in [0.4, 0.5) is 17.2 Å². The summed E-state index contributed by atoms with van der Waals surface area (Å²) in [6.07, 6.45) is 0. The maximum Gasteiger partial charge on any atom is 0.301 e. The number of H-pyrrole nitrogens is 1. The predicted molar refractivity (Wildman–Crippen MR) is 91.4 cm³/mol. The highest BCUT2D eigenvalue weighted by Gasteiger charge is 2.12. The third-order valence-electron chi connectivity index (χ3n) is 3.08. The number of benzene rings is 2. The van der Waals surface area contributed by atoms with Gasteiger partial charge in [0.15, 0.2) is 5.69 Å². The molecule has 0 radical (unpaired) electrons. The van der Waals surface area contributed by atoms with E-state index in [2.05, 4.69) is 15.3 Å². The van der Waals surface area contributed by atoms with Crippen LogP contribution >= 0.6 is 23.2 Å². The third kappa shape index (κ3) is 3.13. The molecule has 0 atom stereocenters. The van der Waals surface area contributed by atoms with E-state index < -0.39 is 5.56 Å². The summed E-state index contributed by atoms with van der Waals surface area (Å²) in [7, 11) is 0. The number of aromatic nitrogens is 2. The fourth-order valence-electron chi connectivity index (χ4n) is 1.96. The van der Waals surface area contributed by atoms with E-state index in [1.807, 2.05) is 18.2 Å². The van der Waals surface area contributed by atoms with Gasteiger partial charge in [-0.2, -0.15) is 5.11 Å². The monoisotopic (exact) mass is 347 g/mol. The van der Waals surface area contributed by atoms with Crippen LogP contribution in [-0.4, -0.2) is 9.78 Å². The average Bonchev–Trinajstić information content (AvgIpc) is 2.84. The molecule has 23 heavy (non-hydrogen) atoms. The topological polar surface area (TPSA) is 88.5 Å². The molecule has 3 N–H and O–H groups in total. The summed E-state index contributed by atoms with van der Waals surface area (Å²) in [6.45, 7) is 0. The van der Waals surface area contributed by atoms with E-state index >= 15 is 0 Å². The zero-order chi connectivity index (χ0) is 16.4. The fourth-order valence-corrected chi connectivity index (χ4v) is 2.25. The molecule has 0 unspecified atom stereocenters. The minimum absolute atomic E-state index is 0.0277. The van der Waals surface area contributed by atoms with Gasteiger partial charge in [-0.3, -0.25) is 9.89 Å². The largest absolute Gasteiger partial charge is 0.382 e. The van der Waals surface area contributed by atoms with Gasteiger partial charge >= 0.3 is 5.56 Å². The van der Waals surface area contributed by atoms with Gasteiger partial charge in [0, 0.05) is 0 Å². The van der Waals surface area contributed by atoms with Crippen molar-refractivity contribution in [3.63, 3.8) is 0 Å². The molecule has 0 bridgehead atoms. The molecule has 116 valence electrons. The van der Waals surface area contributed by atoms with Crippen molar-refractivity contribution >= 4 is 40.4 Å². The number of aromatic amines is 1. The van der Waals surface area contributed by atoms with E-state index in [9.17, 15) is 4.79 Å². The number of para-hydroxylation sites is 1. The number of hydrogen-bond donors (Lipinski definition) is 2. The minimum atomic E-state index is -0.391. The van der Waals surface area contributed by atoms with E-state index in [-0.39, 0.29) is 11.5 Å². The van der Waals surface area contributed by atoms with Gasteiger partial charge in [-0.25, -0.2) is 4.68 Å². The first kappa shape index (κ1) is 15.3. The number of azo groups is 1. The van der Waals surface area contributed by atoms with Crippen molar-refractivity contribution in [2.75, 3.05) is 5.73 Å². The Morgan fingerprint density at radius 2 is 1.74 bits per heavy atom. The van der Waals surface area contributed by atoms with Crippen molar-refractivity contribution in [2.24, 2.45) is 10.2 Å². The molecule has 0 saturated heterocycles. The highest BCUT2D eigenvalue weighted by molar-refractivity contribution is 6.42. The molecule has 3 aromatic rings. The van der Waals surface area contributed by atoms with Crippen molar-refractivity contribution < 1.29 is 0 Å². The Labute approximate surface area is 141 Å². The average molecular weight is 348 g/mol. The van der Waals surface area contributed by atoms with Gasteiger partial charge in [0.05, 0.1) is 21.4 Å². The molecular formula is C15H11Cl2N5O. The highest BCUT2D eigenvalue weighted by atomic mass is 35.5. The predicted octanol–water partition coefficient (Wildman–Crippen LogP) is 4.47. The molecule has 0 aliphatic heterocycles. The van der Waals surface area contributed by atoms with Gasteiger partial charge in [0.2, 0.25) is 0 Å². The summed E-state index contributed by atoms with van der Waals surface area (Å²) in [6, 6.07) is 13.8. The second-order valence-electron chi connectivity index (χ2n) is 4.65. The quantitative estimate of drug-likeness (QED) is 0.684. The van der Waals surface area contributed by atoms with E-state index in [4.69, 9.17) is 28.9 Å². The highest BCUT2D eigenvalue weighted by Crippen LogP contribution is 2.28. The smallest absolute Gasteiger partial charge is 0.301 e. The molecule has 1 heterocycles. The summed E-state index contributed by atoms with van der Waals surface area (Å²) >= 11 is 11.7. The normalized spacial score (nSPS) is 11.2. The maximum absolute atomic E-state index is 12.4.